The molecule has 0 radical (unpaired) electrons. The summed E-state index contributed by atoms with van der Waals surface area (Å²) in [7, 11) is -13.9. The molecular formula is C21H22N2O8S3. The fraction of sp³-hybridized carbons (Fsp3) is 0.143. The predicted molar refractivity (Wildman–Crippen MR) is 124 cm³/mol. The Kier molecular flexibility index (Phi) is 7.28. The average Bonchev–Trinajstić information content (AvgIpc) is 2.76. The van der Waals surface area contributed by atoms with Gasteiger partial charge in [-0.25, -0.2) is 13.1 Å². The fourth-order valence-electron chi connectivity index (χ4n) is 3.43. The number of benzene rings is 3. The number of hydrogen-bond acceptors (Lipinski definition) is 7. The standard InChI is InChI=1S/C21H22N2O8S3/c1-14-10-12-15(13-11-14)32(24,25)23-21(17-7-3-5-9-19(17)34(29,30)31)20(22)16-6-2-4-8-18(16)33(26,27)28/h2-13,20-21,23H,22H2,1H3,(H,26,27,28)(H,29,30,31)/t20-,21-/m1/s1. The van der Waals surface area contributed by atoms with Crippen molar-refractivity contribution < 1.29 is 34.4 Å². The number of hydrogen-bond donors (Lipinski definition) is 4. The Hall–Kier alpha value is -2.65. The predicted octanol–water partition coefficient (Wildman–Crippen LogP) is 2.21. The van der Waals surface area contributed by atoms with Gasteiger partial charge in [-0.3, -0.25) is 9.11 Å². The van der Waals surface area contributed by atoms with Crippen LogP contribution in [0.15, 0.2) is 87.5 Å². The molecule has 34 heavy (non-hydrogen) atoms. The summed E-state index contributed by atoms with van der Waals surface area (Å²) in [6.07, 6.45) is 0. The van der Waals surface area contributed by atoms with Crippen molar-refractivity contribution in [3.8, 4) is 0 Å². The molecule has 3 aromatic carbocycles. The van der Waals surface area contributed by atoms with E-state index in [9.17, 15) is 34.4 Å². The molecule has 0 fully saturated rings. The highest BCUT2D eigenvalue weighted by Gasteiger charge is 2.33. The highest BCUT2D eigenvalue weighted by atomic mass is 32.2. The van der Waals surface area contributed by atoms with Crippen LogP contribution in [-0.2, 0) is 30.3 Å². The molecule has 0 spiro atoms. The van der Waals surface area contributed by atoms with Gasteiger partial charge in [0.1, 0.15) is 0 Å². The smallest absolute Gasteiger partial charge is 0.294 e. The summed E-state index contributed by atoms with van der Waals surface area (Å²) >= 11 is 0. The van der Waals surface area contributed by atoms with Crippen LogP contribution in [-0.4, -0.2) is 34.4 Å². The molecule has 3 aromatic rings. The van der Waals surface area contributed by atoms with Gasteiger partial charge in [-0.2, -0.15) is 16.8 Å². The summed E-state index contributed by atoms with van der Waals surface area (Å²) in [6.45, 7) is 1.76. The first-order valence-corrected chi connectivity index (χ1v) is 14.1. The summed E-state index contributed by atoms with van der Waals surface area (Å²) in [5, 5.41) is 0. The van der Waals surface area contributed by atoms with E-state index in [2.05, 4.69) is 4.72 Å². The van der Waals surface area contributed by atoms with Crippen molar-refractivity contribution in [2.75, 3.05) is 0 Å². The normalized spacial score (nSPS) is 14.5. The molecule has 0 unspecified atom stereocenters. The molecule has 2 atom stereocenters. The Bertz CT molecular complexity index is 1520. The van der Waals surface area contributed by atoms with Crippen LogP contribution in [0.5, 0.6) is 0 Å². The lowest BCUT2D eigenvalue weighted by molar-refractivity contribution is 0.461. The number of nitrogens with one attached hydrogen (secondary N) is 1. The Morgan fingerprint density at radius 1 is 0.706 bits per heavy atom. The summed E-state index contributed by atoms with van der Waals surface area (Å²) in [4.78, 5) is -1.35. The van der Waals surface area contributed by atoms with E-state index in [-0.39, 0.29) is 16.0 Å². The largest absolute Gasteiger partial charge is 0.322 e. The minimum Gasteiger partial charge on any atom is -0.322 e. The maximum Gasteiger partial charge on any atom is 0.294 e. The molecule has 0 heterocycles. The van der Waals surface area contributed by atoms with Gasteiger partial charge in [0.15, 0.2) is 0 Å². The molecule has 5 N–H and O–H groups in total. The highest BCUT2D eigenvalue weighted by Crippen LogP contribution is 2.35. The van der Waals surface area contributed by atoms with Gasteiger partial charge >= 0.3 is 0 Å². The molecule has 0 amide bonds. The zero-order chi connectivity index (χ0) is 25.3. The monoisotopic (exact) mass is 526 g/mol. The van der Waals surface area contributed by atoms with Gasteiger partial charge in [-0.05, 0) is 42.3 Å². The van der Waals surface area contributed by atoms with Crippen molar-refractivity contribution in [1.29, 1.82) is 0 Å². The molecule has 0 bridgehead atoms. The fourth-order valence-corrected chi connectivity index (χ4v) is 6.16. The maximum atomic E-state index is 13.2. The third-order valence-electron chi connectivity index (χ3n) is 5.06. The molecule has 0 aliphatic carbocycles. The molecule has 0 aromatic heterocycles. The SMILES string of the molecule is Cc1ccc(S(=O)(=O)N[C@H](c2ccccc2S(=O)(=O)O)[C@H](N)c2ccccc2S(=O)(=O)O)cc1. The molecule has 13 heteroatoms. The van der Waals surface area contributed by atoms with Gasteiger partial charge in [-0.1, -0.05) is 54.1 Å². The van der Waals surface area contributed by atoms with E-state index in [0.717, 1.165) is 17.7 Å². The first-order valence-electron chi connectivity index (χ1n) is 9.69. The minimum atomic E-state index is -4.82. The Morgan fingerprint density at radius 2 is 1.15 bits per heavy atom. The van der Waals surface area contributed by atoms with E-state index in [4.69, 9.17) is 5.73 Å². The van der Waals surface area contributed by atoms with E-state index in [1.54, 1.807) is 19.1 Å². The third kappa shape index (κ3) is 5.70. The zero-order valence-corrected chi connectivity index (χ0v) is 20.2. The summed E-state index contributed by atoms with van der Waals surface area (Å²) in [5.41, 5.74) is 6.71. The molecule has 10 nitrogen and oxygen atoms in total. The van der Waals surface area contributed by atoms with Gasteiger partial charge in [-0.15, -0.1) is 0 Å². The quantitative estimate of drug-likeness (QED) is 0.320. The van der Waals surface area contributed by atoms with Crippen molar-refractivity contribution in [2.45, 2.75) is 33.7 Å². The topological polar surface area (TPSA) is 181 Å². The van der Waals surface area contributed by atoms with Crippen molar-refractivity contribution in [1.82, 2.24) is 4.72 Å². The average molecular weight is 527 g/mol. The highest BCUT2D eigenvalue weighted by molar-refractivity contribution is 7.89. The van der Waals surface area contributed by atoms with Crippen molar-refractivity contribution in [2.24, 2.45) is 5.73 Å². The molecule has 0 aliphatic heterocycles. The second-order valence-corrected chi connectivity index (χ2v) is 12.0. The number of rotatable bonds is 8. The number of aryl methyl sites for hydroxylation is 1. The van der Waals surface area contributed by atoms with Crippen molar-refractivity contribution >= 4 is 30.3 Å². The van der Waals surface area contributed by atoms with E-state index >= 15 is 0 Å². The zero-order valence-electron chi connectivity index (χ0n) is 17.7. The number of nitrogens with two attached hydrogens (primary N) is 1. The van der Waals surface area contributed by atoms with Crippen LogP contribution < -0.4 is 10.5 Å². The van der Waals surface area contributed by atoms with E-state index in [1.165, 1.54) is 48.5 Å². The van der Waals surface area contributed by atoms with Gasteiger partial charge < -0.3 is 5.73 Å². The number of sulfonamides is 1. The lowest BCUT2D eigenvalue weighted by Crippen LogP contribution is -2.37. The summed E-state index contributed by atoms with van der Waals surface area (Å²) in [5.74, 6) is 0. The second-order valence-electron chi connectivity index (χ2n) is 7.46. The van der Waals surface area contributed by atoms with Crippen LogP contribution in [0.3, 0.4) is 0 Å². The summed E-state index contributed by atoms with van der Waals surface area (Å²) in [6, 6.07) is 12.8. The molecular weight excluding hydrogens is 504 g/mol. The lowest BCUT2D eigenvalue weighted by atomic mass is 9.95. The van der Waals surface area contributed by atoms with Crippen LogP contribution in [0, 0.1) is 6.92 Å². The first-order chi connectivity index (χ1) is 15.7. The van der Waals surface area contributed by atoms with Gasteiger partial charge in [0.25, 0.3) is 20.2 Å². The lowest BCUT2D eigenvalue weighted by Gasteiger charge is -2.28. The van der Waals surface area contributed by atoms with Crippen LogP contribution in [0.1, 0.15) is 28.8 Å². The Labute approximate surface area is 198 Å². The Morgan fingerprint density at radius 3 is 1.65 bits per heavy atom. The van der Waals surface area contributed by atoms with E-state index < -0.39 is 52.1 Å². The van der Waals surface area contributed by atoms with Crippen LogP contribution in [0.2, 0.25) is 0 Å². The Balaban J connectivity index is 2.24. The van der Waals surface area contributed by atoms with E-state index in [0.29, 0.717) is 0 Å². The van der Waals surface area contributed by atoms with Crippen LogP contribution in [0.4, 0.5) is 0 Å². The van der Waals surface area contributed by atoms with Crippen LogP contribution >= 0.6 is 0 Å². The first kappa shape index (κ1) is 26.0. The van der Waals surface area contributed by atoms with Gasteiger partial charge in [0, 0.05) is 0 Å². The second kappa shape index (κ2) is 9.54. The molecule has 0 saturated carbocycles. The molecule has 182 valence electrons. The van der Waals surface area contributed by atoms with E-state index in [1.807, 2.05) is 0 Å². The van der Waals surface area contributed by atoms with Crippen molar-refractivity contribution in [3.05, 3.63) is 89.5 Å². The maximum absolute atomic E-state index is 13.2. The minimum absolute atomic E-state index is 0.150. The van der Waals surface area contributed by atoms with Gasteiger partial charge in [0.2, 0.25) is 10.0 Å². The molecule has 3 rings (SSSR count). The van der Waals surface area contributed by atoms with Crippen LogP contribution in [0.25, 0.3) is 0 Å². The van der Waals surface area contributed by atoms with Crippen molar-refractivity contribution in [3.63, 3.8) is 0 Å². The van der Waals surface area contributed by atoms with Gasteiger partial charge in [0.05, 0.1) is 26.8 Å². The molecule has 0 saturated heterocycles. The third-order valence-corrected chi connectivity index (χ3v) is 8.37. The summed E-state index contributed by atoms with van der Waals surface area (Å²) < 4.78 is 95.9. The molecule has 0 aliphatic rings.